The maximum atomic E-state index is 13.2. The van der Waals surface area contributed by atoms with Crippen LogP contribution in [0, 0.1) is 5.82 Å². The number of nitrogens with one attached hydrogen (secondary N) is 1. The second-order valence-electron chi connectivity index (χ2n) is 6.84. The number of halogens is 4. The van der Waals surface area contributed by atoms with Crippen molar-refractivity contribution in [1.82, 2.24) is 9.88 Å². The molecule has 164 valence electrons. The number of hydrogen-bond acceptors (Lipinski definition) is 4. The Kier molecular flexibility index (Phi) is 10.6. The number of anilines is 1. The van der Waals surface area contributed by atoms with E-state index in [9.17, 15) is 9.18 Å². The van der Waals surface area contributed by atoms with Crippen molar-refractivity contribution in [3.8, 4) is 5.88 Å². The van der Waals surface area contributed by atoms with Crippen LogP contribution in [0.5, 0.6) is 5.88 Å². The van der Waals surface area contributed by atoms with Gasteiger partial charge in [0.2, 0.25) is 5.88 Å². The lowest BCUT2D eigenvalue weighted by Crippen LogP contribution is -2.44. The zero-order valence-electron chi connectivity index (χ0n) is 16.5. The molecule has 5 nitrogen and oxygen atoms in total. The first kappa shape index (κ1) is 26.2. The van der Waals surface area contributed by atoms with Crippen LogP contribution in [0.15, 0.2) is 49.1 Å². The van der Waals surface area contributed by atoms with Crippen molar-refractivity contribution in [2.45, 2.75) is 31.9 Å². The van der Waals surface area contributed by atoms with E-state index in [0.29, 0.717) is 17.7 Å². The number of aromatic nitrogens is 1. The molecule has 0 bridgehead atoms. The van der Waals surface area contributed by atoms with E-state index in [2.05, 4.69) is 28.7 Å². The van der Waals surface area contributed by atoms with Crippen molar-refractivity contribution >= 4 is 48.1 Å². The van der Waals surface area contributed by atoms with Crippen molar-refractivity contribution in [2.75, 3.05) is 18.4 Å². The van der Waals surface area contributed by atoms with E-state index in [-0.39, 0.29) is 41.5 Å². The second kappa shape index (κ2) is 12.1. The number of carbonyl (C=O) groups is 1. The molecule has 2 heterocycles. The van der Waals surface area contributed by atoms with E-state index >= 15 is 0 Å². The summed E-state index contributed by atoms with van der Waals surface area (Å²) in [6, 6.07) is 9.22. The first-order valence-electron chi connectivity index (χ1n) is 9.21. The lowest BCUT2D eigenvalue weighted by molar-refractivity contribution is 0.0676. The summed E-state index contributed by atoms with van der Waals surface area (Å²) < 4.78 is 19.2. The molecule has 1 aromatic heterocycles. The summed E-state index contributed by atoms with van der Waals surface area (Å²) in [7, 11) is 0. The Morgan fingerprint density at radius 2 is 2.17 bits per heavy atom. The molecule has 1 saturated heterocycles. The number of ether oxygens (including phenoxy) is 1. The van der Waals surface area contributed by atoms with Gasteiger partial charge >= 0.3 is 0 Å². The van der Waals surface area contributed by atoms with Gasteiger partial charge in [-0.2, -0.15) is 4.98 Å². The number of amides is 1. The predicted molar refractivity (Wildman–Crippen MR) is 123 cm³/mol. The fourth-order valence-electron chi connectivity index (χ4n) is 3.30. The number of benzene rings is 1. The van der Waals surface area contributed by atoms with Crippen molar-refractivity contribution in [3.63, 3.8) is 0 Å². The monoisotopic (exact) mass is 475 g/mol. The van der Waals surface area contributed by atoms with Crippen LogP contribution in [-0.2, 0) is 0 Å². The third kappa shape index (κ3) is 6.84. The van der Waals surface area contributed by atoms with Gasteiger partial charge in [-0.1, -0.05) is 23.7 Å². The topological polar surface area (TPSA) is 54.5 Å². The Hall–Kier alpha value is -1.86. The van der Waals surface area contributed by atoms with Crippen LogP contribution in [-0.4, -0.2) is 41.0 Å². The molecule has 1 fully saturated rings. The van der Waals surface area contributed by atoms with Gasteiger partial charge in [0.15, 0.2) is 0 Å². The molecule has 0 aliphatic carbocycles. The lowest BCUT2D eigenvalue weighted by atomic mass is 10.0. The average molecular weight is 477 g/mol. The number of hydrogen-bond donors (Lipinski definition) is 1. The van der Waals surface area contributed by atoms with Gasteiger partial charge in [0.25, 0.3) is 5.91 Å². The van der Waals surface area contributed by atoms with Crippen LogP contribution in [0.4, 0.5) is 10.2 Å². The smallest absolute Gasteiger partial charge is 0.258 e. The third-order valence-corrected chi connectivity index (χ3v) is 5.07. The summed E-state index contributed by atoms with van der Waals surface area (Å²) in [4.78, 5) is 19.1. The summed E-state index contributed by atoms with van der Waals surface area (Å²) >= 11 is 5.94. The normalized spacial score (nSPS) is 18.5. The summed E-state index contributed by atoms with van der Waals surface area (Å²) in [5.41, 5.74) is 0.180. The van der Waals surface area contributed by atoms with Crippen molar-refractivity contribution in [2.24, 2.45) is 0 Å². The molecule has 1 aromatic carbocycles. The van der Waals surface area contributed by atoms with E-state index in [0.717, 1.165) is 32.0 Å². The van der Waals surface area contributed by atoms with Gasteiger partial charge in [0, 0.05) is 25.2 Å². The minimum atomic E-state index is -0.497. The van der Waals surface area contributed by atoms with Gasteiger partial charge < -0.3 is 10.1 Å². The van der Waals surface area contributed by atoms with Gasteiger partial charge in [-0.3, -0.25) is 9.69 Å². The van der Waals surface area contributed by atoms with E-state index in [1.165, 1.54) is 12.1 Å². The number of nitrogens with zero attached hydrogens (tertiary/aromatic N) is 2. The quantitative estimate of drug-likeness (QED) is 0.568. The number of rotatable bonds is 6. The Morgan fingerprint density at radius 1 is 1.40 bits per heavy atom. The van der Waals surface area contributed by atoms with Gasteiger partial charge in [-0.15, -0.1) is 31.4 Å². The van der Waals surface area contributed by atoms with E-state index in [1.54, 1.807) is 18.2 Å². The molecule has 1 N–H and O–H groups in total. The maximum Gasteiger partial charge on any atom is 0.258 e. The molecular formula is C21H25Cl3FN3O2. The molecule has 1 amide bonds. The fourth-order valence-corrected chi connectivity index (χ4v) is 3.55. The maximum absolute atomic E-state index is 13.2. The second-order valence-corrected chi connectivity index (χ2v) is 7.24. The SMILES string of the molecule is C=CCN1CCC(Oc2cccc(NC(=O)c3ccc(F)cc3Cl)n2)CC1C.Cl.Cl. The highest BCUT2D eigenvalue weighted by atomic mass is 35.5. The zero-order valence-corrected chi connectivity index (χ0v) is 18.9. The van der Waals surface area contributed by atoms with Crippen molar-refractivity contribution in [1.29, 1.82) is 0 Å². The molecule has 0 saturated carbocycles. The standard InChI is InChI=1S/C21H23ClFN3O2.2ClH/c1-3-10-26-11-9-16(12-14(26)2)28-20-6-4-5-19(24-20)25-21(27)17-8-7-15(23)13-18(17)22;;/h3-8,13-14,16H,1,9-12H2,2H3,(H,24,25,27);2*1H. The molecule has 3 rings (SSSR count). The molecule has 9 heteroatoms. The highest BCUT2D eigenvalue weighted by Gasteiger charge is 2.26. The van der Waals surface area contributed by atoms with Crippen LogP contribution in [0.3, 0.4) is 0 Å². The minimum absolute atomic E-state index is 0. The summed E-state index contributed by atoms with van der Waals surface area (Å²) in [6.45, 7) is 7.79. The van der Waals surface area contributed by atoms with Crippen LogP contribution < -0.4 is 10.1 Å². The van der Waals surface area contributed by atoms with Crippen molar-refractivity contribution < 1.29 is 13.9 Å². The zero-order chi connectivity index (χ0) is 20.1. The van der Waals surface area contributed by atoms with Crippen LogP contribution in [0.25, 0.3) is 0 Å². The molecular weight excluding hydrogens is 452 g/mol. The van der Waals surface area contributed by atoms with Crippen molar-refractivity contribution in [3.05, 3.63) is 65.5 Å². The highest BCUT2D eigenvalue weighted by Crippen LogP contribution is 2.23. The lowest BCUT2D eigenvalue weighted by Gasteiger charge is -2.36. The number of likely N-dealkylation sites (tertiary alicyclic amines) is 1. The molecule has 1 aliphatic heterocycles. The number of piperidine rings is 1. The van der Waals surface area contributed by atoms with Gasteiger partial charge in [-0.25, -0.2) is 4.39 Å². The molecule has 0 radical (unpaired) electrons. The molecule has 30 heavy (non-hydrogen) atoms. The van der Waals surface area contributed by atoms with Gasteiger partial charge in [-0.05, 0) is 44.0 Å². The molecule has 2 aromatic rings. The Bertz CT molecular complexity index is 869. The van der Waals surface area contributed by atoms with Crippen LogP contribution >= 0.6 is 36.4 Å². The van der Waals surface area contributed by atoms with Gasteiger partial charge in [0.05, 0.1) is 10.6 Å². The van der Waals surface area contributed by atoms with Crippen LogP contribution in [0.1, 0.15) is 30.1 Å². The van der Waals surface area contributed by atoms with Crippen LogP contribution in [0.2, 0.25) is 5.02 Å². The molecule has 2 unspecified atom stereocenters. The van der Waals surface area contributed by atoms with Gasteiger partial charge in [0.1, 0.15) is 17.7 Å². The third-order valence-electron chi connectivity index (χ3n) is 4.76. The highest BCUT2D eigenvalue weighted by molar-refractivity contribution is 6.34. The Balaban J connectivity index is 0.00000225. The largest absolute Gasteiger partial charge is 0.474 e. The predicted octanol–water partition coefficient (Wildman–Crippen LogP) is 5.39. The first-order chi connectivity index (χ1) is 13.5. The minimum Gasteiger partial charge on any atom is -0.474 e. The molecule has 0 spiro atoms. The van der Waals surface area contributed by atoms with E-state index in [4.69, 9.17) is 16.3 Å². The Labute approximate surface area is 193 Å². The average Bonchev–Trinajstić information content (AvgIpc) is 2.64. The first-order valence-corrected chi connectivity index (χ1v) is 9.59. The van der Waals surface area contributed by atoms with E-state index in [1.807, 2.05) is 6.08 Å². The number of carbonyl (C=O) groups excluding carboxylic acids is 1. The van der Waals surface area contributed by atoms with E-state index < -0.39 is 11.7 Å². The Morgan fingerprint density at radius 3 is 2.83 bits per heavy atom. The fraction of sp³-hybridized carbons (Fsp3) is 0.333. The molecule has 2 atom stereocenters. The summed E-state index contributed by atoms with van der Waals surface area (Å²) in [5, 5.41) is 2.72. The molecule has 1 aliphatic rings. The summed E-state index contributed by atoms with van der Waals surface area (Å²) in [6.07, 6.45) is 3.79. The number of pyridine rings is 1. The summed E-state index contributed by atoms with van der Waals surface area (Å²) in [5.74, 6) is -0.151.